The van der Waals surface area contributed by atoms with Crippen molar-refractivity contribution in [1.29, 1.82) is 0 Å². The van der Waals surface area contributed by atoms with Crippen molar-refractivity contribution < 1.29 is 5.11 Å². The lowest BCUT2D eigenvalue weighted by molar-refractivity contribution is 0.262. The van der Waals surface area contributed by atoms with Gasteiger partial charge in [-0.25, -0.2) is 4.98 Å². The van der Waals surface area contributed by atoms with Crippen molar-refractivity contribution in [2.75, 3.05) is 30.4 Å². The van der Waals surface area contributed by atoms with E-state index in [9.17, 15) is 5.11 Å². The van der Waals surface area contributed by atoms with Gasteiger partial charge < -0.3 is 15.3 Å². The van der Waals surface area contributed by atoms with Crippen LogP contribution >= 0.6 is 0 Å². The summed E-state index contributed by atoms with van der Waals surface area (Å²) in [6.07, 6.45) is 6.35. The molecule has 1 aliphatic heterocycles. The van der Waals surface area contributed by atoms with E-state index in [2.05, 4.69) is 35.3 Å². The van der Waals surface area contributed by atoms with Crippen LogP contribution in [0.4, 0.5) is 11.5 Å². The fourth-order valence-electron chi connectivity index (χ4n) is 3.62. The number of nitrogens with zero attached hydrogens (tertiary/aromatic N) is 2. The van der Waals surface area contributed by atoms with Gasteiger partial charge in [0.15, 0.2) is 0 Å². The highest BCUT2D eigenvalue weighted by molar-refractivity contribution is 6.02. The lowest BCUT2D eigenvalue weighted by atomic mass is 9.98. The van der Waals surface area contributed by atoms with Crippen molar-refractivity contribution in [2.24, 2.45) is 0 Å². The monoisotopic (exact) mass is 299 g/mol. The van der Waals surface area contributed by atoms with Gasteiger partial charge in [0, 0.05) is 37.0 Å². The standard InChI is InChI=1S/C18H25N3O/c1-13-6-5-8-15-17(13)16(19-2)12-20-18(15)21-10-4-3-7-14(21)9-11-22/h5-6,8,12,14,19,22H,3-4,7,9-11H2,1-2H3. The van der Waals surface area contributed by atoms with Gasteiger partial charge >= 0.3 is 0 Å². The number of rotatable bonds is 4. The summed E-state index contributed by atoms with van der Waals surface area (Å²) < 4.78 is 0. The molecule has 3 rings (SSSR count). The minimum absolute atomic E-state index is 0.243. The number of aromatic nitrogens is 1. The van der Waals surface area contributed by atoms with Gasteiger partial charge in [0.05, 0.1) is 11.9 Å². The van der Waals surface area contributed by atoms with Crippen LogP contribution in [-0.4, -0.2) is 36.3 Å². The van der Waals surface area contributed by atoms with Crippen molar-refractivity contribution in [1.82, 2.24) is 4.98 Å². The first kappa shape index (κ1) is 15.1. The Morgan fingerprint density at radius 3 is 3.00 bits per heavy atom. The number of piperidine rings is 1. The molecule has 2 aromatic rings. The van der Waals surface area contributed by atoms with Crippen LogP contribution in [0.25, 0.3) is 10.8 Å². The molecule has 4 heteroatoms. The predicted octanol–water partition coefficient (Wildman–Crippen LogP) is 3.33. The summed E-state index contributed by atoms with van der Waals surface area (Å²) in [5.41, 5.74) is 2.34. The molecule has 2 heterocycles. The smallest absolute Gasteiger partial charge is 0.136 e. The molecule has 1 unspecified atom stereocenters. The van der Waals surface area contributed by atoms with Gasteiger partial charge in [-0.1, -0.05) is 18.2 Å². The lowest BCUT2D eigenvalue weighted by Crippen LogP contribution is -2.40. The van der Waals surface area contributed by atoms with Crippen LogP contribution in [-0.2, 0) is 0 Å². The first-order valence-corrected chi connectivity index (χ1v) is 8.20. The zero-order valence-corrected chi connectivity index (χ0v) is 13.5. The molecule has 2 N–H and O–H groups in total. The van der Waals surface area contributed by atoms with E-state index >= 15 is 0 Å². The van der Waals surface area contributed by atoms with E-state index in [0.29, 0.717) is 6.04 Å². The molecule has 0 saturated carbocycles. The first-order valence-electron chi connectivity index (χ1n) is 8.20. The molecular weight excluding hydrogens is 274 g/mol. The number of anilines is 2. The third-order valence-corrected chi connectivity index (χ3v) is 4.73. The molecule has 1 atom stereocenters. The number of aliphatic hydroxyl groups excluding tert-OH is 1. The molecule has 1 aromatic carbocycles. The maximum atomic E-state index is 9.37. The van der Waals surface area contributed by atoms with Crippen molar-refractivity contribution >= 4 is 22.3 Å². The van der Waals surface area contributed by atoms with Crippen molar-refractivity contribution in [3.63, 3.8) is 0 Å². The van der Waals surface area contributed by atoms with E-state index in [1.807, 2.05) is 13.2 Å². The largest absolute Gasteiger partial charge is 0.396 e. The number of benzene rings is 1. The molecule has 1 saturated heterocycles. The van der Waals surface area contributed by atoms with Crippen LogP contribution in [0.1, 0.15) is 31.2 Å². The normalized spacial score (nSPS) is 18.7. The van der Waals surface area contributed by atoms with Crippen LogP contribution in [0.5, 0.6) is 0 Å². The number of fused-ring (bicyclic) bond motifs is 1. The van der Waals surface area contributed by atoms with Crippen LogP contribution in [0.2, 0.25) is 0 Å². The Balaban J connectivity index is 2.12. The van der Waals surface area contributed by atoms with Crippen LogP contribution < -0.4 is 10.2 Å². The Bertz CT molecular complexity index is 654. The number of hydrogen-bond donors (Lipinski definition) is 2. The Morgan fingerprint density at radius 1 is 1.36 bits per heavy atom. The summed E-state index contributed by atoms with van der Waals surface area (Å²) in [6.45, 7) is 3.42. The molecule has 0 amide bonds. The van der Waals surface area contributed by atoms with Gasteiger partial charge in [-0.2, -0.15) is 0 Å². The van der Waals surface area contributed by atoms with Gasteiger partial charge in [-0.3, -0.25) is 0 Å². The van der Waals surface area contributed by atoms with Gasteiger partial charge in [0.2, 0.25) is 0 Å². The molecule has 1 aliphatic rings. The van der Waals surface area contributed by atoms with E-state index in [1.165, 1.54) is 29.2 Å². The molecular formula is C18H25N3O. The van der Waals surface area contributed by atoms with Gasteiger partial charge in [-0.05, 0) is 38.2 Å². The summed E-state index contributed by atoms with van der Waals surface area (Å²) in [5.74, 6) is 1.07. The average Bonchev–Trinajstić information content (AvgIpc) is 2.55. The molecule has 0 spiro atoms. The van der Waals surface area contributed by atoms with Gasteiger partial charge in [-0.15, -0.1) is 0 Å². The second kappa shape index (κ2) is 6.53. The Hall–Kier alpha value is -1.81. The minimum Gasteiger partial charge on any atom is -0.396 e. The summed E-state index contributed by atoms with van der Waals surface area (Å²) >= 11 is 0. The highest BCUT2D eigenvalue weighted by Crippen LogP contribution is 2.35. The highest BCUT2D eigenvalue weighted by atomic mass is 16.3. The topological polar surface area (TPSA) is 48.4 Å². The second-order valence-corrected chi connectivity index (χ2v) is 6.10. The van der Waals surface area contributed by atoms with Crippen molar-refractivity contribution in [3.8, 4) is 0 Å². The predicted molar refractivity (Wildman–Crippen MR) is 92.7 cm³/mol. The van der Waals surface area contributed by atoms with Crippen LogP contribution in [0, 0.1) is 6.92 Å². The van der Waals surface area contributed by atoms with Gasteiger partial charge in [0.25, 0.3) is 0 Å². The van der Waals surface area contributed by atoms with Gasteiger partial charge in [0.1, 0.15) is 5.82 Å². The van der Waals surface area contributed by atoms with Crippen molar-refractivity contribution in [3.05, 3.63) is 30.0 Å². The summed E-state index contributed by atoms with van der Waals surface area (Å²) in [7, 11) is 1.94. The van der Waals surface area contributed by atoms with E-state index in [4.69, 9.17) is 4.98 Å². The fraction of sp³-hybridized carbons (Fsp3) is 0.500. The number of hydrogen-bond acceptors (Lipinski definition) is 4. The molecule has 0 radical (unpaired) electrons. The van der Waals surface area contributed by atoms with E-state index < -0.39 is 0 Å². The van der Waals surface area contributed by atoms with E-state index in [1.54, 1.807) is 0 Å². The number of nitrogens with one attached hydrogen (secondary N) is 1. The molecule has 22 heavy (non-hydrogen) atoms. The Morgan fingerprint density at radius 2 is 2.23 bits per heavy atom. The quantitative estimate of drug-likeness (QED) is 0.909. The summed E-state index contributed by atoms with van der Waals surface area (Å²) in [6, 6.07) is 6.81. The van der Waals surface area contributed by atoms with E-state index in [-0.39, 0.29) is 6.61 Å². The number of aryl methyl sites for hydroxylation is 1. The molecule has 4 nitrogen and oxygen atoms in total. The Kier molecular flexibility index (Phi) is 4.48. The summed E-state index contributed by atoms with van der Waals surface area (Å²) in [5, 5.41) is 15.1. The van der Waals surface area contributed by atoms with Crippen LogP contribution in [0.15, 0.2) is 24.4 Å². The highest BCUT2D eigenvalue weighted by Gasteiger charge is 2.25. The number of aliphatic hydroxyl groups is 1. The maximum Gasteiger partial charge on any atom is 0.136 e. The van der Waals surface area contributed by atoms with E-state index in [0.717, 1.165) is 30.9 Å². The molecule has 1 aromatic heterocycles. The molecule has 118 valence electrons. The maximum absolute atomic E-state index is 9.37. The zero-order chi connectivity index (χ0) is 15.5. The molecule has 0 aliphatic carbocycles. The molecule has 0 bridgehead atoms. The fourth-order valence-corrected chi connectivity index (χ4v) is 3.62. The third-order valence-electron chi connectivity index (χ3n) is 4.73. The minimum atomic E-state index is 0.243. The average molecular weight is 299 g/mol. The molecule has 1 fully saturated rings. The number of pyridine rings is 1. The lowest BCUT2D eigenvalue weighted by Gasteiger charge is -2.37. The summed E-state index contributed by atoms with van der Waals surface area (Å²) in [4.78, 5) is 7.16. The zero-order valence-electron chi connectivity index (χ0n) is 13.5. The third kappa shape index (κ3) is 2.63. The second-order valence-electron chi connectivity index (χ2n) is 6.10. The Labute approximate surface area is 132 Å². The SMILES string of the molecule is CNc1cnc(N2CCCCC2CCO)c2cccc(C)c12. The van der Waals surface area contributed by atoms with Crippen LogP contribution in [0.3, 0.4) is 0 Å². The van der Waals surface area contributed by atoms with Crippen molar-refractivity contribution in [2.45, 2.75) is 38.6 Å². The first-order chi connectivity index (χ1) is 10.8.